The Morgan fingerprint density at radius 1 is 1.00 bits per heavy atom. The number of urea groups is 1. The summed E-state index contributed by atoms with van der Waals surface area (Å²) in [4.78, 5) is 34.1. The second-order valence-corrected chi connectivity index (χ2v) is 5.71. The minimum atomic E-state index is -0.533. The molecule has 2 aromatic rings. The van der Waals surface area contributed by atoms with E-state index >= 15 is 0 Å². The molecule has 0 aromatic heterocycles. The Labute approximate surface area is 143 Å². The minimum absolute atomic E-state index is 0.108. The molecule has 3 rings (SSSR count). The summed E-state index contributed by atoms with van der Waals surface area (Å²) in [6.07, 6.45) is 2.03. The number of nitrogens with zero attached hydrogens (tertiary/aromatic N) is 1. The fourth-order valence-electron chi connectivity index (χ4n) is 2.19. The van der Waals surface area contributed by atoms with Crippen molar-refractivity contribution in [2.24, 2.45) is 0 Å². The van der Waals surface area contributed by atoms with E-state index in [0.717, 1.165) is 12.8 Å². The molecule has 0 heterocycles. The molecule has 128 valence electrons. The largest absolute Gasteiger partial charge is 0.349 e. The number of hydrogen-bond acceptors (Lipinski definition) is 4. The lowest BCUT2D eigenvalue weighted by atomic mass is 10.2. The molecule has 3 amide bonds. The maximum atomic E-state index is 12.0. The molecule has 0 atom stereocenters. The van der Waals surface area contributed by atoms with Gasteiger partial charge in [-0.25, -0.2) is 4.79 Å². The van der Waals surface area contributed by atoms with Gasteiger partial charge in [0.05, 0.1) is 4.92 Å². The first-order valence-electron chi connectivity index (χ1n) is 7.74. The first-order valence-corrected chi connectivity index (χ1v) is 7.74. The van der Waals surface area contributed by atoms with Gasteiger partial charge in [0, 0.05) is 35.1 Å². The summed E-state index contributed by atoms with van der Waals surface area (Å²) >= 11 is 0. The first-order chi connectivity index (χ1) is 12.0. The summed E-state index contributed by atoms with van der Waals surface area (Å²) in [6, 6.07) is 11.9. The van der Waals surface area contributed by atoms with E-state index in [1.165, 1.54) is 18.2 Å². The number of benzene rings is 2. The average molecular weight is 340 g/mol. The molecule has 8 nitrogen and oxygen atoms in total. The maximum absolute atomic E-state index is 12.0. The summed E-state index contributed by atoms with van der Waals surface area (Å²) in [5, 5.41) is 18.7. The van der Waals surface area contributed by atoms with Crippen LogP contribution in [0, 0.1) is 10.1 Å². The van der Waals surface area contributed by atoms with E-state index in [0.29, 0.717) is 16.9 Å². The van der Waals surface area contributed by atoms with Gasteiger partial charge >= 0.3 is 6.03 Å². The van der Waals surface area contributed by atoms with Gasteiger partial charge in [-0.1, -0.05) is 6.07 Å². The molecular formula is C17H16N4O4. The van der Waals surface area contributed by atoms with E-state index in [1.807, 2.05) is 0 Å². The number of non-ortho nitro benzene ring substituents is 1. The van der Waals surface area contributed by atoms with Crippen molar-refractivity contribution in [2.75, 3.05) is 10.6 Å². The van der Waals surface area contributed by atoms with Crippen LogP contribution in [-0.2, 0) is 0 Å². The molecule has 1 fully saturated rings. The predicted octanol–water partition coefficient (Wildman–Crippen LogP) is 3.13. The lowest BCUT2D eigenvalue weighted by Gasteiger charge is -2.08. The Bertz CT molecular complexity index is 816. The van der Waals surface area contributed by atoms with Crippen LogP contribution in [0.2, 0.25) is 0 Å². The highest BCUT2D eigenvalue weighted by atomic mass is 16.6. The van der Waals surface area contributed by atoms with E-state index < -0.39 is 11.0 Å². The van der Waals surface area contributed by atoms with Gasteiger partial charge in [0.2, 0.25) is 0 Å². The molecule has 1 saturated carbocycles. The first kappa shape index (κ1) is 16.4. The second-order valence-electron chi connectivity index (χ2n) is 5.71. The van der Waals surface area contributed by atoms with Crippen molar-refractivity contribution in [3.8, 4) is 0 Å². The van der Waals surface area contributed by atoms with Crippen molar-refractivity contribution >= 4 is 29.0 Å². The van der Waals surface area contributed by atoms with Crippen molar-refractivity contribution in [3.63, 3.8) is 0 Å². The van der Waals surface area contributed by atoms with Crippen LogP contribution in [0.25, 0.3) is 0 Å². The topological polar surface area (TPSA) is 113 Å². The molecule has 25 heavy (non-hydrogen) atoms. The lowest BCUT2D eigenvalue weighted by Crippen LogP contribution is -2.25. The maximum Gasteiger partial charge on any atom is 0.323 e. The van der Waals surface area contributed by atoms with Gasteiger partial charge in [0.25, 0.3) is 11.6 Å². The van der Waals surface area contributed by atoms with Crippen LogP contribution in [0.15, 0.2) is 48.5 Å². The molecule has 0 unspecified atom stereocenters. The van der Waals surface area contributed by atoms with Crippen LogP contribution in [0.1, 0.15) is 23.2 Å². The molecule has 2 aromatic carbocycles. The molecule has 1 aliphatic carbocycles. The zero-order valence-corrected chi connectivity index (χ0v) is 13.2. The number of hydrogen-bond donors (Lipinski definition) is 3. The highest BCUT2D eigenvalue weighted by Gasteiger charge is 2.23. The normalized spacial score (nSPS) is 13.0. The van der Waals surface area contributed by atoms with Crippen LogP contribution >= 0.6 is 0 Å². The summed E-state index contributed by atoms with van der Waals surface area (Å²) < 4.78 is 0. The summed E-state index contributed by atoms with van der Waals surface area (Å²) in [5.74, 6) is -0.130. The van der Waals surface area contributed by atoms with Gasteiger partial charge in [0.1, 0.15) is 0 Å². The van der Waals surface area contributed by atoms with Crippen LogP contribution in [0.5, 0.6) is 0 Å². The highest BCUT2D eigenvalue weighted by Crippen LogP contribution is 2.20. The molecule has 3 N–H and O–H groups in total. The summed E-state index contributed by atoms with van der Waals surface area (Å²) in [5.41, 5.74) is 1.23. The van der Waals surface area contributed by atoms with Gasteiger partial charge in [-0.3, -0.25) is 14.9 Å². The SMILES string of the molecule is O=C(Nc1ccc(C(=O)NC2CC2)cc1)Nc1cccc([N+](=O)[O-])c1. The molecule has 0 saturated heterocycles. The smallest absolute Gasteiger partial charge is 0.323 e. The van der Waals surface area contributed by atoms with E-state index in [9.17, 15) is 19.7 Å². The molecule has 0 aliphatic heterocycles. The Kier molecular flexibility index (Phi) is 4.60. The third-order valence-corrected chi connectivity index (χ3v) is 3.63. The van der Waals surface area contributed by atoms with Gasteiger partial charge in [-0.15, -0.1) is 0 Å². The molecule has 0 radical (unpaired) electrons. The molecule has 0 spiro atoms. The highest BCUT2D eigenvalue weighted by molar-refractivity contribution is 6.00. The van der Waals surface area contributed by atoms with Gasteiger partial charge < -0.3 is 16.0 Å². The number of nitro groups is 1. The quantitative estimate of drug-likeness (QED) is 0.573. The van der Waals surface area contributed by atoms with Crippen LogP contribution < -0.4 is 16.0 Å². The van der Waals surface area contributed by atoms with Crippen molar-refractivity contribution < 1.29 is 14.5 Å². The fourth-order valence-corrected chi connectivity index (χ4v) is 2.19. The molecular weight excluding hydrogens is 324 g/mol. The van der Waals surface area contributed by atoms with Gasteiger partial charge in [0.15, 0.2) is 0 Å². The Hall–Kier alpha value is -3.42. The van der Waals surface area contributed by atoms with Crippen molar-refractivity contribution in [2.45, 2.75) is 18.9 Å². The number of carbonyl (C=O) groups excluding carboxylic acids is 2. The van der Waals surface area contributed by atoms with E-state index in [4.69, 9.17) is 0 Å². The molecule has 1 aliphatic rings. The van der Waals surface area contributed by atoms with Crippen molar-refractivity contribution in [3.05, 3.63) is 64.2 Å². The van der Waals surface area contributed by atoms with E-state index in [-0.39, 0.29) is 17.6 Å². The monoisotopic (exact) mass is 340 g/mol. The zero-order valence-electron chi connectivity index (χ0n) is 13.2. The zero-order chi connectivity index (χ0) is 17.8. The number of carbonyl (C=O) groups is 2. The summed E-state index contributed by atoms with van der Waals surface area (Å²) in [6.45, 7) is 0. The number of nitrogens with one attached hydrogen (secondary N) is 3. The summed E-state index contributed by atoms with van der Waals surface area (Å²) in [7, 11) is 0. The molecule has 8 heteroatoms. The van der Waals surface area contributed by atoms with Crippen LogP contribution in [-0.4, -0.2) is 22.9 Å². The third-order valence-electron chi connectivity index (χ3n) is 3.63. The number of nitro benzene ring substituents is 1. The van der Waals surface area contributed by atoms with Gasteiger partial charge in [-0.2, -0.15) is 0 Å². The van der Waals surface area contributed by atoms with Crippen LogP contribution in [0.4, 0.5) is 21.9 Å². The number of amides is 3. The Morgan fingerprint density at radius 3 is 2.32 bits per heavy atom. The van der Waals surface area contributed by atoms with Gasteiger partial charge in [-0.05, 0) is 43.2 Å². The number of rotatable bonds is 5. The Morgan fingerprint density at radius 2 is 1.68 bits per heavy atom. The number of anilines is 2. The fraction of sp³-hybridized carbons (Fsp3) is 0.176. The molecule has 0 bridgehead atoms. The van der Waals surface area contributed by atoms with Crippen LogP contribution in [0.3, 0.4) is 0 Å². The Balaban J connectivity index is 1.58. The average Bonchev–Trinajstić information content (AvgIpc) is 3.39. The third kappa shape index (κ3) is 4.54. The predicted molar refractivity (Wildman–Crippen MR) is 92.7 cm³/mol. The van der Waals surface area contributed by atoms with E-state index in [1.54, 1.807) is 30.3 Å². The second kappa shape index (κ2) is 7.00. The van der Waals surface area contributed by atoms with E-state index in [2.05, 4.69) is 16.0 Å². The van der Waals surface area contributed by atoms with Crippen molar-refractivity contribution in [1.29, 1.82) is 0 Å². The lowest BCUT2D eigenvalue weighted by molar-refractivity contribution is -0.384. The van der Waals surface area contributed by atoms with Crippen molar-refractivity contribution in [1.82, 2.24) is 5.32 Å². The minimum Gasteiger partial charge on any atom is -0.349 e. The standard InChI is InChI=1S/C17H16N4O4/c22-16(18-12-8-9-12)11-4-6-13(7-5-11)19-17(23)20-14-2-1-3-15(10-14)21(24)25/h1-7,10,12H,8-9H2,(H,18,22)(H2,19,20,23).